The zero-order chi connectivity index (χ0) is 7.84. The van der Waals surface area contributed by atoms with E-state index < -0.39 is 6.17 Å². The fourth-order valence-electron chi connectivity index (χ4n) is 1.49. The summed E-state index contributed by atoms with van der Waals surface area (Å²) in [6.45, 7) is 0.462. The van der Waals surface area contributed by atoms with Crippen molar-refractivity contribution >= 4 is 0 Å². The molecule has 0 amide bonds. The number of hydrogen-bond acceptors (Lipinski definition) is 6. The van der Waals surface area contributed by atoms with E-state index >= 15 is 0 Å². The summed E-state index contributed by atoms with van der Waals surface area (Å²) in [7, 11) is 0. The summed E-state index contributed by atoms with van der Waals surface area (Å²) in [5, 5.41) is 28.7. The molecule has 0 saturated carbocycles. The molecule has 2 atom stereocenters. The highest BCUT2D eigenvalue weighted by atomic mass is 16.6. The van der Waals surface area contributed by atoms with Gasteiger partial charge in [0.25, 0.3) is 0 Å². The lowest BCUT2D eigenvalue weighted by Gasteiger charge is -2.41. The third-order valence-corrected chi connectivity index (χ3v) is 2.05. The van der Waals surface area contributed by atoms with Crippen LogP contribution in [0.2, 0.25) is 0 Å². The fourth-order valence-corrected chi connectivity index (χ4v) is 1.49. The molecule has 0 radical (unpaired) electrons. The van der Waals surface area contributed by atoms with Gasteiger partial charge in [-0.3, -0.25) is 5.21 Å². The van der Waals surface area contributed by atoms with Crippen molar-refractivity contribution in [3.63, 3.8) is 0 Å². The molecule has 0 bridgehead atoms. The van der Waals surface area contributed by atoms with Crippen LogP contribution in [0.15, 0.2) is 10.3 Å². The summed E-state index contributed by atoms with van der Waals surface area (Å²) in [6, 6.07) is -0.133. The molecule has 62 valence electrons. The first-order valence-corrected chi connectivity index (χ1v) is 3.61. The van der Waals surface area contributed by atoms with Gasteiger partial charge in [0.1, 0.15) is 12.2 Å². The van der Waals surface area contributed by atoms with Crippen LogP contribution in [0, 0.1) is 5.21 Å². The summed E-state index contributed by atoms with van der Waals surface area (Å²) >= 11 is 0. The molecule has 1 N–H and O–H groups in total. The second-order valence-electron chi connectivity index (χ2n) is 2.79. The van der Waals surface area contributed by atoms with E-state index in [0.717, 1.165) is 17.9 Å². The Labute approximate surface area is 63.6 Å². The third-order valence-electron chi connectivity index (χ3n) is 2.05. The van der Waals surface area contributed by atoms with Gasteiger partial charge in [0.15, 0.2) is 0 Å². The normalized spacial score (nSPS) is 37.8. The van der Waals surface area contributed by atoms with Gasteiger partial charge in [-0.2, -0.15) is 5.11 Å². The topological polar surface area (TPSA) is 74.5 Å². The van der Waals surface area contributed by atoms with Crippen LogP contribution in [0.4, 0.5) is 0 Å². The van der Waals surface area contributed by atoms with Gasteiger partial charge in [-0.1, -0.05) is 0 Å². The van der Waals surface area contributed by atoms with Crippen molar-refractivity contribution in [3.05, 3.63) is 5.21 Å². The predicted molar refractivity (Wildman–Crippen MR) is 35.4 cm³/mol. The summed E-state index contributed by atoms with van der Waals surface area (Å²) in [6.07, 6.45) is 1.10. The van der Waals surface area contributed by atoms with Gasteiger partial charge in [-0.25, -0.2) is 0 Å². The molecular formula is C5H9N4O2-. The lowest BCUT2D eigenvalue weighted by molar-refractivity contribution is -0.159. The summed E-state index contributed by atoms with van der Waals surface area (Å²) < 4.78 is 0. The predicted octanol–water partition coefficient (Wildman–Crippen LogP) is 0.347. The number of hydrogen-bond donors (Lipinski definition) is 1. The Kier molecular flexibility index (Phi) is 1.52. The second kappa shape index (κ2) is 2.40. The van der Waals surface area contributed by atoms with Crippen LogP contribution in [0.1, 0.15) is 12.8 Å². The van der Waals surface area contributed by atoms with E-state index in [0.29, 0.717) is 11.7 Å². The number of hydroxylamine groups is 3. The second-order valence-corrected chi connectivity index (χ2v) is 2.79. The lowest BCUT2D eigenvalue weighted by Crippen LogP contribution is -2.49. The standard InChI is InChI=1S/C5H9N4O2/c10-8-3-1-2-4-5(8)9(11)7-6-4/h4-5,11H,1-3H2/q-1. The van der Waals surface area contributed by atoms with Crippen molar-refractivity contribution in [2.24, 2.45) is 10.3 Å². The molecule has 0 aliphatic carbocycles. The Hall–Kier alpha value is -0.720. The van der Waals surface area contributed by atoms with Gasteiger partial charge >= 0.3 is 0 Å². The minimum atomic E-state index is -0.566. The molecule has 2 aliphatic heterocycles. The van der Waals surface area contributed by atoms with Crippen molar-refractivity contribution in [1.29, 1.82) is 0 Å². The van der Waals surface area contributed by atoms with E-state index in [1.54, 1.807) is 0 Å². The minimum Gasteiger partial charge on any atom is -0.784 e. The van der Waals surface area contributed by atoms with Crippen LogP contribution in [-0.2, 0) is 0 Å². The molecule has 2 rings (SSSR count). The Morgan fingerprint density at radius 2 is 2.36 bits per heavy atom. The van der Waals surface area contributed by atoms with Crippen molar-refractivity contribution in [1.82, 2.24) is 10.2 Å². The summed E-state index contributed by atoms with van der Waals surface area (Å²) in [4.78, 5) is 0. The SMILES string of the molecule is [O-]N1CCCC2N=NN(O)C21. The molecule has 0 aromatic rings. The van der Waals surface area contributed by atoms with Gasteiger partial charge in [0.05, 0.1) is 0 Å². The Balaban J connectivity index is 2.13. The Bertz CT molecular complexity index is 185. The highest BCUT2D eigenvalue weighted by Gasteiger charge is 2.35. The highest BCUT2D eigenvalue weighted by Crippen LogP contribution is 2.26. The fraction of sp³-hybridized carbons (Fsp3) is 1.00. The maximum Gasteiger partial charge on any atom is 0.143 e. The Morgan fingerprint density at radius 3 is 3.09 bits per heavy atom. The molecule has 2 heterocycles. The molecule has 1 saturated heterocycles. The van der Waals surface area contributed by atoms with Crippen LogP contribution < -0.4 is 0 Å². The number of fused-ring (bicyclic) bond motifs is 1. The smallest absolute Gasteiger partial charge is 0.143 e. The highest BCUT2D eigenvalue weighted by molar-refractivity contribution is 4.88. The Morgan fingerprint density at radius 1 is 1.55 bits per heavy atom. The average Bonchev–Trinajstić information content (AvgIpc) is 2.34. The number of piperidine rings is 1. The van der Waals surface area contributed by atoms with Gasteiger partial charge < -0.3 is 10.3 Å². The molecular weight excluding hydrogens is 148 g/mol. The molecule has 0 aromatic carbocycles. The molecule has 0 spiro atoms. The van der Waals surface area contributed by atoms with E-state index in [9.17, 15) is 5.21 Å². The zero-order valence-electron chi connectivity index (χ0n) is 5.92. The zero-order valence-corrected chi connectivity index (χ0v) is 5.92. The van der Waals surface area contributed by atoms with Crippen LogP contribution in [-0.4, -0.2) is 34.2 Å². The van der Waals surface area contributed by atoms with Crippen molar-refractivity contribution in [2.45, 2.75) is 25.0 Å². The maximum absolute atomic E-state index is 11.1. The van der Waals surface area contributed by atoms with Crippen LogP contribution >= 0.6 is 0 Å². The maximum atomic E-state index is 11.1. The first-order chi connectivity index (χ1) is 5.29. The van der Waals surface area contributed by atoms with E-state index in [1.807, 2.05) is 0 Å². The van der Waals surface area contributed by atoms with E-state index in [1.165, 1.54) is 0 Å². The van der Waals surface area contributed by atoms with Crippen molar-refractivity contribution in [3.8, 4) is 0 Å². The van der Waals surface area contributed by atoms with Crippen molar-refractivity contribution < 1.29 is 5.21 Å². The molecule has 6 heteroatoms. The minimum absolute atomic E-state index is 0.133. The molecule has 2 unspecified atom stereocenters. The largest absolute Gasteiger partial charge is 0.784 e. The number of rotatable bonds is 0. The first kappa shape index (κ1) is 6.96. The quantitative estimate of drug-likeness (QED) is 0.550. The van der Waals surface area contributed by atoms with E-state index in [2.05, 4.69) is 10.3 Å². The van der Waals surface area contributed by atoms with Gasteiger partial charge in [0, 0.05) is 0 Å². The van der Waals surface area contributed by atoms with Gasteiger partial charge in [0.2, 0.25) is 0 Å². The summed E-state index contributed by atoms with van der Waals surface area (Å²) in [5.41, 5.74) is 0. The lowest BCUT2D eigenvalue weighted by atomic mass is 10.1. The van der Waals surface area contributed by atoms with E-state index in [-0.39, 0.29) is 6.04 Å². The van der Waals surface area contributed by atoms with E-state index in [4.69, 9.17) is 5.21 Å². The van der Waals surface area contributed by atoms with Gasteiger partial charge in [-0.15, -0.1) is 5.17 Å². The molecule has 11 heavy (non-hydrogen) atoms. The third kappa shape index (κ3) is 0.991. The molecule has 2 aliphatic rings. The molecule has 1 fully saturated rings. The monoisotopic (exact) mass is 157 g/mol. The van der Waals surface area contributed by atoms with Crippen LogP contribution in [0.3, 0.4) is 0 Å². The number of nitrogens with zero attached hydrogens (tertiary/aromatic N) is 4. The van der Waals surface area contributed by atoms with Crippen molar-refractivity contribution in [2.75, 3.05) is 6.54 Å². The molecule has 0 aromatic heterocycles. The van der Waals surface area contributed by atoms with Crippen LogP contribution in [0.5, 0.6) is 0 Å². The van der Waals surface area contributed by atoms with Gasteiger partial charge in [-0.05, 0) is 24.6 Å². The first-order valence-electron chi connectivity index (χ1n) is 3.61. The summed E-state index contributed by atoms with van der Waals surface area (Å²) in [5.74, 6) is 0. The van der Waals surface area contributed by atoms with Crippen LogP contribution in [0.25, 0.3) is 0 Å². The average molecular weight is 157 g/mol. The molecule has 6 nitrogen and oxygen atoms in total.